The van der Waals surface area contributed by atoms with E-state index >= 15 is 0 Å². The molecule has 0 heterocycles. The van der Waals surface area contributed by atoms with E-state index in [1.807, 2.05) is 0 Å². The third-order valence-electron chi connectivity index (χ3n) is 3.14. The standard InChI is InChI=1S/C16H14FNO5/c1-10-3-5-16(13(7-10)18(20)21)23-9-14(19)11-4-6-15(22-2)12(17)8-11/h3-8H,9H2,1-2H3. The van der Waals surface area contributed by atoms with Crippen LogP contribution in [0.4, 0.5) is 10.1 Å². The third-order valence-corrected chi connectivity index (χ3v) is 3.14. The number of benzene rings is 2. The van der Waals surface area contributed by atoms with Crippen molar-refractivity contribution in [1.29, 1.82) is 0 Å². The molecule has 0 saturated carbocycles. The summed E-state index contributed by atoms with van der Waals surface area (Å²) in [5.41, 5.74) is 0.573. The number of ether oxygens (including phenoxy) is 2. The summed E-state index contributed by atoms with van der Waals surface area (Å²) in [5.74, 6) is -1.15. The minimum Gasteiger partial charge on any atom is -0.494 e. The van der Waals surface area contributed by atoms with Gasteiger partial charge in [-0.15, -0.1) is 0 Å². The Kier molecular flexibility index (Phi) is 4.90. The van der Waals surface area contributed by atoms with Crippen LogP contribution < -0.4 is 9.47 Å². The van der Waals surface area contributed by atoms with Crippen LogP contribution in [-0.2, 0) is 0 Å². The maximum atomic E-state index is 13.6. The summed E-state index contributed by atoms with van der Waals surface area (Å²) >= 11 is 0. The lowest BCUT2D eigenvalue weighted by Crippen LogP contribution is -2.12. The van der Waals surface area contributed by atoms with Crippen molar-refractivity contribution in [3.63, 3.8) is 0 Å². The molecule has 0 aliphatic heterocycles. The van der Waals surface area contributed by atoms with Gasteiger partial charge in [-0.2, -0.15) is 0 Å². The first kappa shape index (κ1) is 16.4. The highest BCUT2D eigenvalue weighted by molar-refractivity contribution is 5.97. The minimum atomic E-state index is -0.667. The average Bonchev–Trinajstić information content (AvgIpc) is 2.53. The van der Waals surface area contributed by atoms with Gasteiger partial charge in [-0.05, 0) is 36.8 Å². The highest BCUT2D eigenvalue weighted by Gasteiger charge is 2.17. The average molecular weight is 319 g/mol. The SMILES string of the molecule is COc1ccc(C(=O)COc2ccc(C)cc2[N+](=O)[O-])cc1F. The van der Waals surface area contributed by atoms with Crippen LogP contribution in [0.25, 0.3) is 0 Å². The second kappa shape index (κ2) is 6.87. The van der Waals surface area contributed by atoms with Crippen molar-refractivity contribution in [2.75, 3.05) is 13.7 Å². The van der Waals surface area contributed by atoms with Crippen molar-refractivity contribution in [2.45, 2.75) is 6.92 Å². The van der Waals surface area contributed by atoms with Crippen LogP contribution in [0.2, 0.25) is 0 Å². The van der Waals surface area contributed by atoms with Crippen LogP contribution in [0, 0.1) is 22.9 Å². The fraction of sp³-hybridized carbons (Fsp3) is 0.188. The minimum absolute atomic E-state index is 0.0112. The quantitative estimate of drug-likeness (QED) is 0.463. The van der Waals surface area contributed by atoms with Gasteiger partial charge in [0.1, 0.15) is 0 Å². The molecule has 23 heavy (non-hydrogen) atoms. The Bertz CT molecular complexity index is 760. The van der Waals surface area contributed by atoms with Gasteiger partial charge < -0.3 is 9.47 Å². The van der Waals surface area contributed by atoms with E-state index in [4.69, 9.17) is 9.47 Å². The highest BCUT2D eigenvalue weighted by atomic mass is 19.1. The molecule has 7 heteroatoms. The number of aryl methyl sites for hydroxylation is 1. The van der Waals surface area contributed by atoms with Crippen molar-refractivity contribution >= 4 is 11.5 Å². The Morgan fingerprint density at radius 1 is 1.22 bits per heavy atom. The van der Waals surface area contributed by atoms with E-state index in [-0.39, 0.29) is 22.7 Å². The molecule has 0 N–H and O–H groups in total. The second-order valence-electron chi connectivity index (χ2n) is 4.79. The number of ketones is 1. The molecule has 0 radical (unpaired) electrons. The number of halogens is 1. The maximum absolute atomic E-state index is 13.6. The Hall–Kier alpha value is -2.96. The van der Waals surface area contributed by atoms with Gasteiger partial charge >= 0.3 is 5.69 Å². The number of hydrogen-bond donors (Lipinski definition) is 0. The number of carbonyl (C=O) groups is 1. The van der Waals surface area contributed by atoms with E-state index in [1.165, 1.54) is 31.4 Å². The van der Waals surface area contributed by atoms with Crippen LogP contribution in [0.1, 0.15) is 15.9 Å². The van der Waals surface area contributed by atoms with E-state index in [2.05, 4.69) is 0 Å². The topological polar surface area (TPSA) is 78.7 Å². The zero-order valence-electron chi connectivity index (χ0n) is 12.5. The molecule has 0 saturated heterocycles. The smallest absolute Gasteiger partial charge is 0.311 e. The zero-order chi connectivity index (χ0) is 17.0. The molecule has 0 amide bonds. The molecule has 0 spiro atoms. The van der Waals surface area contributed by atoms with Crippen LogP contribution in [0.5, 0.6) is 11.5 Å². The van der Waals surface area contributed by atoms with Gasteiger partial charge in [0.25, 0.3) is 0 Å². The second-order valence-corrected chi connectivity index (χ2v) is 4.79. The predicted molar refractivity (Wildman–Crippen MR) is 80.6 cm³/mol. The lowest BCUT2D eigenvalue weighted by atomic mass is 10.1. The molecule has 0 unspecified atom stereocenters. The summed E-state index contributed by atoms with van der Waals surface area (Å²) < 4.78 is 23.6. The van der Waals surface area contributed by atoms with Crippen molar-refractivity contribution in [3.05, 3.63) is 63.5 Å². The first-order chi connectivity index (χ1) is 10.9. The summed E-state index contributed by atoms with van der Waals surface area (Å²) in [5, 5.41) is 11.0. The van der Waals surface area contributed by atoms with Crippen LogP contribution >= 0.6 is 0 Å². The largest absolute Gasteiger partial charge is 0.494 e. The summed E-state index contributed by atoms with van der Waals surface area (Å²) in [7, 11) is 1.32. The van der Waals surface area contributed by atoms with Crippen molar-refractivity contribution in [3.8, 4) is 11.5 Å². The Morgan fingerprint density at radius 2 is 1.91 bits per heavy atom. The summed E-state index contributed by atoms with van der Waals surface area (Å²) in [6.07, 6.45) is 0. The molecular weight excluding hydrogens is 305 g/mol. The molecule has 0 aliphatic rings. The van der Waals surface area contributed by atoms with Crippen molar-refractivity contribution in [1.82, 2.24) is 0 Å². The number of nitro groups is 1. The number of Topliss-reactive ketones (excluding diaryl/α,β-unsaturated/α-hetero) is 1. The highest BCUT2D eigenvalue weighted by Crippen LogP contribution is 2.28. The fourth-order valence-corrected chi connectivity index (χ4v) is 1.96. The number of carbonyl (C=O) groups excluding carboxylic acids is 1. The Labute approximate surface area is 131 Å². The normalized spacial score (nSPS) is 10.2. The summed E-state index contributed by atoms with van der Waals surface area (Å²) in [4.78, 5) is 22.4. The number of methoxy groups -OCH3 is 1. The van der Waals surface area contributed by atoms with Crippen LogP contribution in [0.3, 0.4) is 0 Å². The molecule has 0 atom stereocenters. The maximum Gasteiger partial charge on any atom is 0.311 e. The van der Waals surface area contributed by atoms with E-state index < -0.39 is 23.1 Å². The fourth-order valence-electron chi connectivity index (χ4n) is 1.96. The van der Waals surface area contributed by atoms with E-state index in [1.54, 1.807) is 13.0 Å². The number of nitrogens with zero attached hydrogens (tertiary/aromatic N) is 1. The van der Waals surface area contributed by atoms with Gasteiger partial charge in [0, 0.05) is 11.6 Å². The molecule has 2 rings (SSSR count). The summed E-state index contributed by atoms with van der Waals surface area (Å²) in [6, 6.07) is 8.18. The third kappa shape index (κ3) is 3.82. The first-order valence-electron chi connectivity index (χ1n) is 6.67. The van der Waals surface area contributed by atoms with Crippen LogP contribution in [0.15, 0.2) is 36.4 Å². The summed E-state index contributed by atoms with van der Waals surface area (Å²) in [6.45, 7) is 1.28. The molecule has 120 valence electrons. The van der Waals surface area contributed by atoms with Gasteiger partial charge in [0.15, 0.2) is 29.7 Å². The van der Waals surface area contributed by atoms with Gasteiger partial charge in [0.05, 0.1) is 12.0 Å². The zero-order valence-corrected chi connectivity index (χ0v) is 12.5. The Morgan fingerprint density at radius 3 is 2.52 bits per heavy atom. The van der Waals surface area contributed by atoms with Gasteiger partial charge in [0.2, 0.25) is 0 Å². The number of hydrogen-bond acceptors (Lipinski definition) is 5. The molecule has 6 nitrogen and oxygen atoms in total. The van der Waals surface area contributed by atoms with E-state index in [0.717, 1.165) is 6.07 Å². The number of nitro benzene ring substituents is 1. The van der Waals surface area contributed by atoms with Gasteiger partial charge in [-0.25, -0.2) is 4.39 Å². The molecule has 0 fully saturated rings. The van der Waals surface area contributed by atoms with E-state index in [0.29, 0.717) is 5.56 Å². The van der Waals surface area contributed by atoms with Crippen molar-refractivity contribution in [2.24, 2.45) is 0 Å². The monoisotopic (exact) mass is 319 g/mol. The van der Waals surface area contributed by atoms with Crippen molar-refractivity contribution < 1.29 is 23.6 Å². The molecular formula is C16H14FNO5. The Balaban J connectivity index is 2.13. The van der Waals surface area contributed by atoms with Crippen LogP contribution in [-0.4, -0.2) is 24.4 Å². The number of rotatable bonds is 6. The lowest BCUT2D eigenvalue weighted by molar-refractivity contribution is -0.385. The molecule has 0 aromatic heterocycles. The molecule has 2 aromatic rings. The molecule has 2 aromatic carbocycles. The lowest BCUT2D eigenvalue weighted by Gasteiger charge is -2.08. The molecule has 0 bridgehead atoms. The first-order valence-corrected chi connectivity index (χ1v) is 6.67. The predicted octanol–water partition coefficient (Wildman–Crippen LogP) is 3.31. The molecule has 0 aliphatic carbocycles. The van der Waals surface area contributed by atoms with Gasteiger partial charge in [-0.1, -0.05) is 6.07 Å². The van der Waals surface area contributed by atoms with Gasteiger partial charge in [-0.3, -0.25) is 14.9 Å². The van der Waals surface area contributed by atoms with E-state index in [9.17, 15) is 19.3 Å².